The molecule has 1 aromatic heterocycles. The Morgan fingerprint density at radius 1 is 0.848 bits per heavy atom. The lowest BCUT2D eigenvalue weighted by atomic mass is 10.0. The van der Waals surface area contributed by atoms with E-state index in [0.717, 1.165) is 34.6 Å². The molecule has 1 heterocycles. The number of hydrogen-bond acceptors (Lipinski definition) is 4. The maximum Gasteiger partial charge on any atom is 0.335 e. The number of aromatic carboxylic acids is 1. The molecular weight excluding hydrogens is 465 g/mol. The van der Waals surface area contributed by atoms with Crippen molar-refractivity contribution in [3.8, 4) is 0 Å². The summed E-state index contributed by atoms with van der Waals surface area (Å²) in [6, 6.07) is 14.1. The van der Waals surface area contributed by atoms with Crippen LogP contribution >= 0.6 is 23.2 Å². The van der Waals surface area contributed by atoms with Gasteiger partial charge in [0.2, 0.25) is 5.78 Å². The van der Waals surface area contributed by atoms with Crippen LogP contribution in [0.5, 0.6) is 0 Å². The highest BCUT2D eigenvalue weighted by atomic mass is 35.5. The van der Waals surface area contributed by atoms with Gasteiger partial charge in [-0.3, -0.25) is 14.4 Å². The zero-order valence-electron chi connectivity index (χ0n) is 17.8. The number of hydrogen-bond donors (Lipinski definition) is 1. The number of nitrogens with zero attached hydrogens (tertiary/aromatic N) is 1. The Morgan fingerprint density at radius 2 is 1.55 bits per heavy atom. The van der Waals surface area contributed by atoms with Gasteiger partial charge in [-0.15, -0.1) is 0 Å². The molecule has 6 nitrogen and oxygen atoms in total. The quantitative estimate of drug-likeness (QED) is 0.335. The molecule has 0 aliphatic rings. The van der Waals surface area contributed by atoms with Gasteiger partial charge in [-0.2, -0.15) is 0 Å². The average molecular weight is 486 g/mol. The predicted molar refractivity (Wildman–Crippen MR) is 127 cm³/mol. The maximum atomic E-state index is 13.1. The lowest BCUT2D eigenvalue weighted by Crippen LogP contribution is -2.30. The number of carbonyl (C=O) groups excluding carboxylic acids is 2. The highest BCUT2D eigenvalue weighted by Gasteiger charge is 2.26. The fraction of sp³-hybridized carbons (Fsp3) is 0.200. The summed E-state index contributed by atoms with van der Waals surface area (Å²) in [5, 5.41) is 8.76. The van der Waals surface area contributed by atoms with Crippen molar-refractivity contribution in [1.82, 2.24) is 4.57 Å². The van der Waals surface area contributed by atoms with E-state index in [0.29, 0.717) is 0 Å². The average Bonchev–Trinajstić information content (AvgIpc) is 2.80. The second-order valence-electron chi connectivity index (χ2n) is 7.51. The fourth-order valence-electron chi connectivity index (χ4n) is 3.50. The minimum absolute atomic E-state index is 0.0236. The molecule has 0 aliphatic heterocycles. The van der Waals surface area contributed by atoms with Gasteiger partial charge in [0.1, 0.15) is 10.7 Å². The van der Waals surface area contributed by atoms with Crippen LogP contribution in [0.3, 0.4) is 0 Å². The first-order chi connectivity index (χ1) is 15.7. The summed E-state index contributed by atoms with van der Waals surface area (Å²) in [6.45, 7) is 2.04. The van der Waals surface area contributed by atoms with Gasteiger partial charge >= 0.3 is 5.97 Å². The lowest BCUT2D eigenvalue weighted by molar-refractivity contribution is 0.0696. The SMILES string of the molecule is CCCc1cccc(C(=O)C(=O)c2c(Cl)cc(Cl)c(=O)n2CCc2ccc(C(=O)O)cc2)c1. The summed E-state index contributed by atoms with van der Waals surface area (Å²) in [5.74, 6) is -2.71. The van der Waals surface area contributed by atoms with Crippen LogP contribution in [0.25, 0.3) is 0 Å². The molecule has 0 saturated heterocycles. The third kappa shape index (κ3) is 5.59. The monoisotopic (exact) mass is 485 g/mol. The predicted octanol–water partition coefficient (Wildman–Crippen LogP) is 5.11. The van der Waals surface area contributed by atoms with Crippen molar-refractivity contribution in [2.45, 2.75) is 32.7 Å². The Balaban J connectivity index is 1.95. The molecule has 3 aromatic rings. The van der Waals surface area contributed by atoms with Gasteiger partial charge in [0.15, 0.2) is 0 Å². The van der Waals surface area contributed by atoms with E-state index in [4.69, 9.17) is 28.3 Å². The molecule has 8 heteroatoms. The fourth-order valence-corrected chi connectivity index (χ4v) is 4.06. The molecule has 0 radical (unpaired) electrons. The largest absolute Gasteiger partial charge is 0.478 e. The molecule has 0 fully saturated rings. The Hall–Kier alpha value is -3.22. The molecule has 0 spiro atoms. The van der Waals surface area contributed by atoms with Crippen LogP contribution in [-0.4, -0.2) is 27.2 Å². The number of benzene rings is 2. The van der Waals surface area contributed by atoms with E-state index < -0.39 is 23.1 Å². The van der Waals surface area contributed by atoms with Crippen LogP contribution in [0.1, 0.15) is 55.7 Å². The Bertz CT molecular complexity index is 1280. The molecular formula is C25H21Cl2NO5. The molecule has 0 amide bonds. The second-order valence-corrected chi connectivity index (χ2v) is 8.32. The van der Waals surface area contributed by atoms with Gasteiger partial charge in [0, 0.05) is 12.1 Å². The number of carboxylic acid groups (broad SMARTS) is 1. The van der Waals surface area contributed by atoms with Crippen molar-refractivity contribution in [2.75, 3.05) is 0 Å². The maximum absolute atomic E-state index is 13.1. The number of carbonyl (C=O) groups is 3. The van der Waals surface area contributed by atoms with Crippen molar-refractivity contribution >= 4 is 40.7 Å². The normalized spacial score (nSPS) is 10.8. The van der Waals surface area contributed by atoms with E-state index in [2.05, 4.69) is 0 Å². The van der Waals surface area contributed by atoms with Crippen LogP contribution in [0.2, 0.25) is 10.0 Å². The summed E-state index contributed by atoms with van der Waals surface area (Å²) >= 11 is 12.3. The highest BCUT2D eigenvalue weighted by Crippen LogP contribution is 2.21. The van der Waals surface area contributed by atoms with E-state index in [1.165, 1.54) is 12.1 Å². The number of aryl methyl sites for hydroxylation is 2. The first-order valence-corrected chi connectivity index (χ1v) is 11.1. The zero-order valence-corrected chi connectivity index (χ0v) is 19.3. The Kier molecular flexibility index (Phi) is 7.84. The summed E-state index contributed by atoms with van der Waals surface area (Å²) in [7, 11) is 0. The van der Waals surface area contributed by atoms with Gasteiger partial charge in [-0.1, -0.05) is 66.9 Å². The molecule has 2 aromatic carbocycles. The Labute approximate surface area is 200 Å². The van der Waals surface area contributed by atoms with E-state index in [9.17, 15) is 19.2 Å². The number of rotatable bonds is 9. The minimum Gasteiger partial charge on any atom is -0.478 e. The number of halogens is 2. The number of carboxylic acids is 1. The number of Topliss-reactive ketones (excluding diaryl/α,β-unsaturated/α-hetero) is 2. The van der Waals surface area contributed by atoms with Gasteiger partial charge in [-0.25, -0.2) is 4.79 Å². The lowest BCUT2D eigenvalue weighted by Gasteiger charge is -2.14. The van der Waals surface area contributed by atoms with Crippen molar-refractivity contribution in [2.24, 2.45) is 0 Å². The molecule has 3 rings (SSSR count). The van der Waals surface area contributed by atoms with E-state index in [1.54, 1.807) is 30.3 Å². The number of aromatic nitrogens is 1. The molecule has 33 heavy (non-hydrogen) atoms. The number of ketones is 2. The molecule has 0 unspecified atom stereocenters. The first kappa shape index (κ1) is 24.4. The summed E-state index contributed by atoms with van der Waals surface area (Å²) < 4.78 is 1.10. The molecule has 0 atom stereocenters. The van der Waals surface area contributed by atoms with Crippen LogP contribution in [-0.2, 0) is 19.4 Å². The van der Waals surface area contributed by atoms with Crippen molar-refractivity contribution in [3.63, 3.8) is 0 Å². The van der Waals surface area contributed by atoms with Crippen LogP contribution < -0.4 is 5.56 Å². The van der Waals surface area contributed by atoms with Crippen molar-refractivity contribution < 1.29 is 19.5 Å². The minimum atomic E-state index is -1.05. The van der Waals surface area contributed by atoms with Crippen LogP contribution in [0.4, 0.5) is 0 Å². The summed E-state index contributed by atoms with van der Waals surface area (Å²) in [4.78, 5) is 49.9. The van der Waals surface area contributed by atoms with E-state index in [-0.39, 0.29) is 39.8 Å². The van der Waals surface area contributed by atoms with Crippen molar-refractivity contribution in [3.05, 3.63) is 103 Å². The molecule has 1 N–H and O–H groups in total. The molecule has 0 saturated carbocycles. The third-order valence-electron chi connectivity index (χ3n) is 5.17. The topological polar surface area (TPSA) is 93.4 Å². The van der Waals surface area contributed by atoms with E-state index in [1.807, 2.05) is 13.0 Å². The summed E-state index contributed by atoms with van der Waals surface area (Å²) in [5.41, 5.74) is 1.16. The highest BCUT2D eigenvalue weighted by molar-refractivity contribution is 6.51. The van der Waals surface area contributed by atoms with Gasteiger partial charge in [0.05, 0.1) is 10.6 Å². The Morgan fingerprint density at radius 3 is 2.18 bits per heavy atom. The number of pyridine rings is 1. The standard InChI is InChI=1S/C25H21Cl2NO5/c1-2-4-16-5-3-6-18(13-16)22(29)23(30)21-19(26)14-20(27)24(31)28(21)12-11-15-7-9-17(10-8-15)25(32)33/h3,5-10,13-14H,2,4,11-12H2,1H3,(H,32,33). The van der Waals surface area contributed by atoms with Crippen molar-refractivity contribution in [1.29, 1.82) is 0 Å². The first-order valence-electron chi connectivity index (χ1n) is 10.3. The van der Waals surface area contributed by atoms with Crippen LogP contribution in [0, 0.1) is 0 Å². The van der Waals surface area contributed by atoms with Gasteiger partial charge < -0.3 is 9.67 Å². The molecule has 0 bridgehead atoms. The molecule has 0 aliphatic carbocycles. The zero-order chi connectivity index (χ0) is 24.1. The third-order valence-corrected chi connectivity index (χ3v) is 5.73. The van der Waals surface area contributed by atoms with Gasteiger partial charge in [-0.05, 0) is 48.2 Å². The summed E-state index contributed by atoms with van der Waals surface area (Å²) in [6.07, 6.45) is 1.95. The molecule has 170 valence electrons. The van der Waals surface area contributed by atoms with E-state index >= 15 is 0 Å². The smallest absolute Gasteiger partial charge is 0.335 e. The second kappa shape index (κ2) is 10.6. The van der Waals surface area contributed by atoms with Gasteiger partial charge in [0.25, 0.3) is 11.3 Å². The van der Waals surface area contributed by atoms with Crippen LogP contribution in [0.15, 0.2) is 59.4 Å².